The van der Waals surface area contributed by atoms with Crippen molar-refractivity contribution in [3.63, 3.8) is 0 Å². The molecule has 0 bridgehead atoms. The Morgan fingerprint density at radius 2 is 1.07 bits per heavy atom. The van der Waals surface area contributed by atoms with Crippen molar-refractivity contribution in [3.05, 3.63) is 24.2 Å². The van der Waals surface area contributed by atoms with Gasteiger partial charge in [0.15, 0.2) is 0 Å². The minimum Gasteiger partial charge on any atom is -0.335 e. The first kappa shape index (κ1) is 12.8. The Labute approximate surface area is 75.5 Å². The number of hydrogen-bond acceptors (Lipinski definition) is 3. The van der Waals surface area contributed by atoms with E-state index < -0.39 is 35.5 Å². The summed E-state index contributed by atoms with van der Waals surface area (Å²) in [5.41, 5.74) is 0. The molecule has 10 heteroatoms. The van der Waals surface area contributed by atoms with Crippen LogP contribution in [0.2, 0.25) is 0 Å². The van der Waals surface area contributed by atoms with Gasteiger partial charge in [0, 0.05) is 0 Å². The second-order valence-electron chi connectivity index (χ2n) is 1.44. The lowest BCUT2D eigenvalue weighted by molar-refractivity contribution is 0.201. The molecule has 0 unspecified atom stereocenters. The highest BCUT2D eigenvalue weighted by Gasteiger charge is 2.17. The van der Waals surface area contributed by atoms with Gasteiger partial charge in [-0.1, -0.05) is 0 Å². The predicted molar refractivity (Wildman–Crippen MR) is 31.0 cm³/mol. The summed E-state index contributed by atoms with van der Waals surface area (Å²) >= 11 is -3.45. The van der Waals surface area contributed by atoms with E-state index in [1.807, 2.05) is 0 Å². The first-order valence-electron chi connectivity index (χ1n) is 2.54. The molecule has 0 fully saturated rings. The highest BCUT2D eigenvalue weighted by Crippen LogP contribution is 2.16. The second kappa shape index (κ2) is 5.52. The first-order chi connectivity index (χ1) is 6.34. The highest BCUT2D eigenvalue weighted by atomic mass is 32.2. The van der Waals surface area contributed by atoms with Gasteiger partial charge < -0.3 is 8.37 Å². The maximum absolute atomic E-state index is 11.7. The van der Waals surface area contributed by atoms with E-state index in [1.165, 1.54) is 0 Å². The molecular formula is C4F6O3S. The third-order valence-electron chi connectivity index (χ3n) is 0.580. The van der Waals surface area contributed by atoms with Gasteiger partial charge in [0.05, 0.1) is 0 Å². The van der Waals surface area contributed by atoms with E-state index in [2.05, 4.69) is 8.37 Å². The molecule has 3 nitrogen and oxygen atoms in total. The summed E-state index contributed by atoms with van der Waals surface area (Å²) < 4.78 is 84.6. The van der Waals surface area contributed by atoms with Crippen molar-refractivity contribution in [2.24, 2.45) is 0 Å². The molecule has 0 N–H and O–H groups in total. The lowest BCUT2D eigenvalue weighted by atomic mass is 11.0. The fourth-order valence-electron chi connectivity index (χ4n) is 0.199. The van der Waals surface area contributed by atoms with Gasteiger partial charge in [0.1, 0.15) is 0 Å². The van der Waals surface area contributed by atoms with E-state index in [1.54, 1.807) is 0 Å². The summed E-state index contributed by atoms with van der Waals surface area (Å²) in [5, 5.41) is 0. The third-order valence-corrected chi connectivity index (χ3v) is 1.14. The minimum absolute atomic E-state index is 2.62. The molecule has 0 saturated heterocycles. The molecule has 14 heavy (non-hydrogen) atoms. The Morgan fingerprint density at radius 1 is 0.786 bits per heavy atom. The van der Waals surface area contributed by atoms with Crippen LogP contribution in [0.15, 0.2) is 24.2 Å². The zero-order chi connectivity index (χ0) is 11.3. The zero-order valence-corrected chi connectivity index (χ0v) is 6.72. The van der Waals surface area contributed by atoms with Crippen LogP contribution in [0.5, 0.6) is 0 Å². The molecule has 0 aromatic carbocycles. The normalized spacial score (nSPS) is 9.64. The molecule has 0 aromatic rings. The van der Waals surface area contributed by atoms with Crippen molar-refractivity contribution in [2.45, 2.75) is 0 Å². The molecule has 0 heterocycles. The Kier molecular flexibility index (Phi) is 5.05. The van der Waals surface area contributed by atoms with Crippen LogP contribution in [0.1, 0.15) is 0 Å². The van der Waals surface area contributed by atoms with Gasteiger partial charge in [-0.3, -0.25) is 0 Å². The molecule has 0 atom stereocenters. The topological polar surface area (TPSA) is 35.5 Å². The Hall–Kier alpha value is -1.19. The van der Waals surface area contributed by atoms with Crippen LogP contribution < -0.4 is 0 Å². The maximum atomic E-state index is 11.7. The quantitative estimate of drug-likeness (QED) is 0.561. The molecule has 0 aliphatic rings. The van der Waals surface area contributed by atoms with Crippen LogP contribution >= 0.6 is 0 Å². The molecule has 0 radical (unpaired) electrons. The van der Waals surface area contributed by atoms with E-state index >= 15 is 0 Å². The van der Waals surface area contributed by atoms with E-state index in [4.69, 9.17) is 0 Å². The molecule has 0 spiro atoms. The third kappa shape index (κ3) is 4.74. The maximum Gasteiger partial charge on any atom is 0.422 e. The van der Waals surface area contributed by atoms with Crippen molar-refractivity contribution in [2.75, 3.05) is 0 Å². The van der Waals surface area contributed by atoms with E-state index in [0.29, 0.717) is 0 Å². The van der Waals surface area contributed by atoms with Crippen molar-refractivity contribution < 1.29 is 38.9 Å². The Morgan fingerprint density at radius 3 is 1.29 bits per heavy atom. The second-order valence-corrected chi connectivity index (χ2v) is 2.18. The van der Waals surface area contributed by atoms with E-state index in [0.717, 1.165) is 0 Å². The first-order valence-corrected chi connectivity index (χ1v) is 3.54. The largest absolute Gasteiger partial charge is 0.422 e. The minimum atomic E-state index is -3.45. The fourth-order valence-corrected chi connectivity index (χ4v) is 0.598. The monoisotopic (exact) mass is 242 g/mol. The summed E-state index contributed by atoms with van der Waals surface area (Å²) in [5.74, 6) is 0. The van der Waals surface area contributed by atoms with Gasteiger partial charge in [-0.15, -0.1) is 0 Å². The van der Waals surface area contributed by atoms with Gasteiger partial charge >= 0.3 is 35.5 Å². The molecular weight excluding hydrogens is 242 g/mol. The van der Waals surface area contributed by atoms with Crippen LogP contribution in [-0.4, -0.2) is 4.21 Å². The van der Waals surface area contributed by atoms with E-state index in [9.17, 15) is 30.6 Å². The van der Waals surface area contributed by atoms with Crippen LogP contribution in [0.4, 0.5) is 26.3 Å². The van der Waals surface area contributed by atoms with Gasteiger partial charge in [0.2, 0.25) is 0 Å². The average molecular weight is 242 g/mol. The molecule has 82 valence electrons. The predicted octanol–water partition coefficient (Wildman–Crippen LogP) is 2.67. The van der Waals surface area contributed by atoms with Crippen molar-refractivity contribution in [1.29, 1.82) is 0 Å². The summed E-state index contributed by atoms with van der Waals surface area (Å²) in [6.45, 7) is 0. The molecule has 0 saturated carbocycles. The smallest absolute Gasteiger partial charge is 0.335 e. The Bertz CT molecular complexity index is 263. The highest BCUT2D eigenvalue weighted by molar-refractivity contribution is 7.75. The Balaban J connectivity index is 4.28. The van der Waals surface area contributed by atoms with Crippen molar-refractivity contribution in [3.8, 4) is 0 Å². The number of hydrogen-bond donors (Lipinski definition) is 0. The molecule has 0 amide bonds. The molecule has 0 aromatic heterocycles. The van der Waals surface area contributed by atoms with Crippen molar-refractivity contribution in [1.82, 2.24) is 0 Å². The van der Waals surface area contributed by atoms with Crippen LogP contribution in [0.3, 0.4) is 0 Å². The number of rotatable bonds is 4. The van der Waals surface area contributed by atoms with Gasteiger partial charge in [-0.05, 0) is 0 Å². The number of halogens is 6. The molecule has 0 aliphatic carbocycles. The van der Waals surface area contributed by atoms with Crippen molar-refractivity contribution >= 4 is 11.4 Å². The average Bonchev–Trinajstić information content (AvgIpc) is 2.03. The SMILES string of the molecule is O=S(OC(F)=C(F)F)OC(F)=C(F)F. The summed E-state index contributed by atoms with van der Waals surface area (Å²) in [6, 6.07) is -5.23. The van der Waals surface area contributed by atoms with Crippen LogP contribution in [0, 0.1) is 0 Å². The van der Waals surface area contributed by atoms with Crippen LogP contribution in [0.25, 0.3) is 0 Å². The lowest BCUT2D eigenvalue weighted by Gasteiger charge is -1.99. The van der Waals surface area contributed by atoms with Gasteiger partial charge in [0.25, 0.3) is 0 Å². The molecule has 0 aliphatic heterocycles. The summed E-state index contributed by atoms with van der Waals surface area (Å²) in [7, 11) is 0. The van der Waals surface area contributed by atoms with Gasteiger partial charge in [-0.2, -0.15) is 30.6 Å². The van der Waals surface area contributed by atoms with Crippen LogP contribution in [-0.2, 0) is 19.7 Å². The summed E-state index contributed by atoms with van der Waals surface area (Å²) in [4.78, 5) is 0. The fraction of sp³-hybridized carbons (Fsp3) is 0. The zero-order valence-electron chi connectivity index (χ0n) is 5.90. The molecule has 0 rings (SSSR count). The summed E-state index contributed by atoms with van der Waals surface area (Å²) in [6.07, 6.45) is -5.99. The van der Waals surface area contributed by atoms with E-state index in [-0.39, 0.29) is 0 Å². The van der Waals surface area contributed by atoms with Gasteiger partial charge in [-0.25, -0.2) is 0 Å². The lowest BCUT2D eigenvalue weighted by Crippen LogP contribution is -1.99. The standard InChI is InChI=1S/C4F6O3S/c5-1(6)3(9)12-14(11)13-4(10)2(7)8.